The van der Waals surface area contributed by atoms with Gasteiger partial charge in [0.2, 0.25) is 11.8 Å². The Morgan fingerprint density at radius 2 is 2.05 bits per heavy atom. The fraction of sp³-hybridized carbons (Fsp3) is 0.467. The Morgan fingerprint density at radius 1 is 1.38 bits per heavy atom. The van der Waals surface area contributed by atoms with E-state index in [-0.39, 0.29) is 23.4 Å². The van der Waals surface area contributed by atoms with Crippen molar-refractivity contribution in [3.05, 3.63) is 34.6 Å². The molecule has 1 aliphatic rings. The molecule has 1 unspecified atom stereocenters. The number of halogens is 2. The van der Waals surface area contributed by atoms with Gasteiger partial charge in [0.25, 0.3) is 0 Å². The van der Waals surface area contributed by atoms with Gasteiger partial charge in [-0.1, -0.05) is 24.6 Å². The first-order valence-corrected chi connectivity index (χ1v) is 7.21. The molecule has 6 heteroatoms. The molecule has 2 rings (SSSR count). The number of benzene rings is 1. The van der Waals surface area contributed by atoms with E-state index < -0.39 is 17.4 Å². The Bertz CT molecular complexity index is 589. The molecule has 1 fully saturated rings. The molecule has 0 bridgehead atoms. The highest BCUT2D eigenvalue weighted by Gasteiger charge is 2.44. The Balaban J connectivity index is 2.33. The molecule has 0 aliphatic carbocycles. The number of hydrogen-bond donors (Lipinski definition) is 1. The fourth-order valence-corrected chi connectivity index (χ4v) is 2.74. The van der Waals surface area contributed by atoms with E-state index in [0.29, 0.717) is 12.0 Å². The molecule has 4 nitrogen and oxygen atoms in total. The summed E-state index contributed by atoms with van der Waals surface area (Å²) in [5.41, 5.74) is -0.328. The summed E-state index contributed by atoms with van der Waals surface area (Å²) in [6.07, 6.45) is 0.506. The molecule has 0 radical (unpaired) electrons. The van der Waals surface area contributed by atoms with E-state index in [9.17, 15) is 14.0 Å². The first kappa shape index (κ1) is 15.8. The molecule has 1 N–H and O–H groups in total. The zero-order valence-electron chi connectivity index (χ0n) is 12.2. The second-order valence-corrected chi connectivity index (χ2v) is 6.11. The molecule has 2 amide bonds. The predicted molar refractivity (Wildman–Crippen MR) is 78.3 cm³/mol. The van der Waals surface area contributed by atoms with Gasteiger partial charge in [-0.3, -0.25) is 9.59 Å². The van der Waals surface area contributed by atoms with Crippen LogP contribution in [-0.4, -0.2) is 28.3 Å². The molecule has 114 valence electrons. The molecule has 0 spiro atoms. The fourth-order valence-electron chi connectivity index (χ4n) is 2.51. The van der Waals surface area contributed by atoms with E-state index in [0.717, 1.165) is 0 Å². The summed E-state index contributed by atoms with van der Waals surface area (Å²) in [7, 11) is 0. The minimum Gasteiger partial charge on any atom is -0.340 e. The summed E-state index contributed by atoms with van der Waals surface area (Å²) < 4.78 is 13.1. The predicted octanol–water partition coefficient (Wildman–Crippen LogP) is 2.49. The van der Waals surface area contributed by atoms with E-state index in [4.69, 9.17) is 11.6 Å². The molecule has 0 saturated carbocycles. The zero-order valence-corrected chi connectivity index (χ0v) is 13.0. The van der Waals surface area contributed by atoms with Gasteiger partial charge < -0.3 is 10.2 Å². The van der Waals surface area contributed by atoms with Gasteiger partial charge in [0.15, 0.2) is 0 Å². The Morgan fingerprint density at radius 3 is 2.62 bits per heavy atom. The van der Waals surface area contributed by atoms with Crippen molar-refractivity contribution in [2.45, 2.75) is 45.3 Å². The highest BCUT2D eigenvalue weighted by atomic mass is 35.5. The highest BCUT2D eigenvalue weighted by Crippen LogP contribution is 2.25. The maximum atomic E-state index is 13.1. The summed E-state index contributed by atoms with van der Waals surface area (Å²) in [5, 5.41) is 2.97. The smallest absolute Gasteiger partial charge is 0.248 e. The summed E-state index contributed by atoms with van der Waals surface area (Å²) in [6.45, 7) is 5.36. The first-order chi connectivity index (χ1) is 9.76. The Labute approximate surface area is 128 Å². The first-order valence-electron chi connectivity index (χ1n) is 6.83. The van der Waals surface area contributed by atoms with E-state index in [1.807, 2.05) is 6.92 Å². The minimum atomic E-state index is -0.949. The molecule has 21 heavy (non-hydrogen) atoms. The van der Waals surface area contributed by atoms with Crippen molar-refractivity contribution in [3.8, 4) is 0 Å². The molecule has 1 saturated heterocycles. The van der Waals surface area contributed by atoms with E-state index in [1.54, 1.807) is 13.8 Å². The van der Waals surface area contributed by atoms with Crippen molar-refractivity contribution >= 4 is 23.4 Å². The van der Waals surface area contributed by atoms with Crippen LogP contribution in [-0.2, 0) is 16.1 Å². The molecule has 1 heterocycles. The number of hydrogen-bond acceptors (Lipinski definition) is 2. The van der Waals surface area contributed by atoms with Crippen LogP contribution >= 0.6 is 11.6 Å². The monoisotopic (exact) mass is 312 g/mol. The van der Waals surface area contributed by atoms with Gasteiger partial charge in [-0.15, -0.1) is 0 Å². The third kappa shape index (κ3) is 3.02. The van der Waals surface area contributed by atoms with E-state index in [2.05, 4.69) is 5.32 Å². The second kappa shape index (κ2) is 5.64. The van der Waals surface area contributed by atoms with Crippen molar-refractivity contribution in [2.75, 3.05) is 0 Å². The van der Waals surface area contributed by atoms with Crippen LogP contribution in [0.5, 0.6) is 0 Å². The van der Waals surface area contributed by atoms with Gasteiger partial charge in [-0.2, -0.15) is 0 Å². The molecule has 1 atom stereocenters. The lowest BCUT2D eigenvalue weighted by Crippen LogP contribution is -2.67. The number of nitrogens with one attached hydrogen (secondary N) is 1. The van der Waals surface area contributed by atoms with E-state index >= 15 is 0 Å². The van der Waals surface area contributed by atoms with Crippen LogP contribution in [0, 0.1) is 5.82 Å². The minimum absolute atomic E-state index is 0.172. The summed E-state index contributed by atoms with van der Waals surface area (Å²) in [4.78, 5) is 26.2. The van der Waals surface area contributed by atoms with Gasteiger partial charge in [-0.05, 0) is 38.0 Å². The SMILES string of the molecule is CCC1C(=O)NC(C)(C)C(=O)N1Cc1ccc(F)cc1Cl. The van der Waals surface area contributed by atoms with Gasteiger partial charge in [-0.25, -0.2) is 4.39 Å². The van der Waals surface area contributed by atoms with Crippen LogP contribution in [0.3, 0.4) is 0 Å². The van der Waals surface area contributed by atoms with Gasteiger partial charge in [0, 0.05) is 11.6 Å². The van der Waals surface area contributed by atoms with Crippen LogP contribution in [0.15, 0.2) is 18.2 Å². The lowest BCUT2D eigenvalue weighted by Gasteiger charge is -2.42. The molecular weight excluding hydrogens is 295 g/mol. The maximum Gasteiger partial charge on any atom is 0.248 e. The normalized spacial score (nSPS) is 21.4. The van der Waals surface area contributed by atoms with Crippen LogP contribution < -0.4 is 5.32 Å². The molecule has 1 aromatic carbocycles. The zero-order chi connectivity index (χ0) is 15.8. The average Bonchev–Trinajstić information content (AvgIpc) is 2.38. The third-order valence-corrected chi connectivity index (χ3v) is 4.00. The molecular formula is C15H18ClFN2O2. The van der Waals surface area contributed by atoms with Crippen LogP contribution in [0.2, 0.25) is 5.02 Å². The van der Waals surface area contributed by atoms with Crippen molar-refractivity contribution < 1.29 is 14.0 Å². The highest BCUT2D eigenvalue weighted by molar-refractivity contribution is 6.31. The van der Waals surface area contributed by atoms with E-state index in [1.165, 1.54) is 23.1 Å². The van der Waals surface area contributed by atoms with Crippen molar-refractivity contribution in [2.24, 2.45) is 0 Å². The lowest BCUT2D eigenvalue weighted by atomic mass is 9.95. The van der Waals surface area contributed by atoms with Gasteiger partial charge >= 0.3 is 0 Å². The van der Waals surface area contributed by atoms with Crippen molar-refractivity contribution in [1.29, 1.82) is 0 Å². The largest absolute Gasteiger partial charge is 0.340 e. The maximum absolute atomic E-state index is 13.1. The van der Waals surface area contributed by atoms with Crippen molar-refractivity contribution in [3.63, 3.8) is 0 Å². The molecule has 1 aromatic rings. The van der Waals surface area contributed by atoms with Gasteiger partial charge in [0.1, 0.15) is 17.4 Å². The van der Waals surface area contributed by atoms with Crippen LogP contribution in [0.4, 0.5) is 4.39 Å². The number of carbonyl (C=O) groups excluding carboxylic acids is 2. The Hall–Kier alpha value is -1.62. The number of nitrogens with zero attached hydrogens (tertiary/aromatic N) is 1. The topological polar surface area (TPSA) is 49.4 Å². The van der Waals surface area contributed by atoms with Crippen LogP contribution in [0.1, 0.15) is 32.8 Å². The Kier molecular flexibility index (Phi) is 4.23. The standard InChI is InChI=1S/C15H18ClFN2O2/c1-4-12-13(20)18-15(2,3)14(21)19(12)8-9-5-6-10(17)7-11(9)16/h5-7,12H,4,8H2,1-3H3,(H,18,20). The number of piperazine rings is 1. The number of rotatable bonds is 3. The third-order valence-electron chi connectivity index (χ3n) is 3.65. The summed E-state index contributed by atoms with van der Waals surface area (Å²) in [5.74, 6) is -0.784. The molecule has 0 aromatic heterocycles. The van der Waals surface area contributed by atoms with Crippen LogP contribution in [0.25, 0.3) is 0 Å². The van der Waals surface area contributed by atoms with Crippen molar-refractivity contribution in [1.82, 2.24) is 10.2 Å². The summed E-state index contributed by atoms with van der Waals surface area (Å²) >= 11 is 6.02. The lowest BCUT2D eigenvalue weighted by molar-refractivity contribution is -0.154. The molecule has 1 aliphatic heterocycles. The van der Waals surface area contributed by atoms with Gasteiger partial charge in [0.05, 0.1) is 0 Å². The quantitative estimate of drug-likeness (QED) is 0.932. The average molecular weight is 313 g/mol. The number of amides is 2. The second-order valence-electron chi connectivity index (χ2n) is 5.71. The summed E-state index contributed by atoms with van der Waals surface area (Å²) in [6, 6.07) is 3.50. The number of carbonyl (C=O) groups is 2.